The van der Waals surface area contributed by atoms with Crippen LogP contribution in [0, 0.1) is 5.82 Å². The van der Waals surface area contributed by atoms with Gasteiger partial charge in [0.2, 0.25) is 0 Å². The molecule has 1 saturated heterocycles. The van der Waals surface area contributed by atoms with Crippen LogP contribution in [0.25, 0.3) is 11.1 Å². The molecule has 1 amide bonds. The molecule has 10 nitrogen and oxygen atoms in total. The summed E-state index contributed by atoms with van der Waals surface area (Å²) in [7, 11) is 0. The molecule has 0 spiro atoms. The van der Waals surface area contributed by atoms with Gasteiger partial charge in [0.05, 0.1) is 37.3 Å². The number of hydrogen-bond donors (Lipinski definition) is 1. The summed E-state index contributed by atoms with van der Waals surface area (Å²) in [6.07, 6.45) is 3.96. The first-order valence-electron chi connectivity index (χ1n) is 10.0. The molecule has 2 aromatic heterocycles. The molecule has 0 saturated carbocycles. The number of carbonyl (C=O) groups is 1. The number of anilines is 1. The van der Waals surface area contributed by atoms with Gasteiger partial charge < -0.3 is 14.7 Å². The van der Waals surface area contributed by atoms with E-state index in [2.05, 4.69) is 20.5 Å². The summed E-state index contributed by atoms with van der Waals surface area (Å²) in [5.41, 5.74) is 2.61. The Bertz CT molecular complexity index is 1150. The molecule has 5 rings (SSSR count). The lowest BCUT2D eigenvalue weighted by Crippen LogP contribution is -2.26. The van der Waals surface area contributed by atoms with Crippen LogP contribution in [-0.4, -0.2) is 62.2 Å². The summed E-state index contributed by atoms with van der Waals surface area (Å²) < 4.78 is 21.9. The number of pyridine rings is 1. The SMILES string of the molecule is O=C1OC(Cn2ccnn2)CN1c1ccc(-c2ccc(C3=NO[C@H](CO)C3)nc2)c(F)c1. The van der Waals surface area contributed by atoms with E-state index in [0.717, 1.165) is 0 Å². The van der Waals surface area contributed by atoms with Crippen molar-refractivity contribution in [1.29, 1.82) is 0 Å². The van der Waals surface area contributed by atoms with Gasteiger partial charge in [-0.25, -0.2) is 13.9 Å². The van der Waals surface area contributed by atoms with E-state index in [1.807, 2.05) is 0 Å². The van der Waals surface area contributed by atoms with E-state index in [-0.39, 0.29) is 19.3 Å². The fourth-order valence-electron chi connectivity index (χ4n) is 3.67. The monoisotopic (exact) mass is 438 g/mol. The van der Waals surface area contributed by atoms with Crippen molar-refractivity contribution >= 4 is 17.5 Å². The zero-order valence-electron chi connectivity index (χ0n) is 16.8. The number of aliphatic hydroxyl groups excluding tert-OH is 1. The van der Waals surface area contributed by atoms with Gasteiger partial charge in [-0.05, 0) is 24.3 Å². The molecule has 1 unspecified atom stereocenters. The van der Waals surface area contributed by atoms with Crippen LogP contribution in [0.2, 0.25) is 0 Å². The largest absolute Gasteiger partial charge is 0.442 e. The molecule has 2 aliphatic rings. The van der Waals surface area contributed by atoms with E-state index in [1.54, 1.807) is 47.5 Å². The van der Waals surface area contributed by atoms with Crippen molar-refractivity contribution in [3.05, 3.63) is 60.4 Å². The highest BCUT2D eigenvalue weighted by atomic mass is 19.1. The first-order chi connectivity index (χ1) is 15.6. The van der Waals surface area contributed by atoms with Crippen LogP contribution in [0.3, 0.4) is 0 Å². The predicted octanol–water partition coefficient (Wildman–Crippen LogP) is 1.99. The van der Waals surface area contributed by atoms with Crippen LogP contribution in [0.15, 0.2) is 54.1 Å². The molecule has 3 aromatic rings. The Morgan fingerprint density at radius 1 is 1.22 bits per heavy atom. The van der Waals surface area contributed by atoms with Crippen LogP contribution in [0.1, 0.15) is 12.1 Å². The molecule has 0 aliphatic carbocycles. The maximum atomic E-state index is 14.9. The molecule has 11 heteroatoms. The number of ether oxygens (including phenoxy) is 1. The lowest BCUT2D eigenvalue weighted by Gasteiger charge is -2.14. The Labute approximate surface area is 181 Å². The number of benzene rings is 1. The third-order valence-electron chi connectivity index (χ3n) is 5.31. The lowest BCUT2D eigenvalue weighted by molar-refractivity contribution is 0.0390. The van der Waals surface area contributed by atoms with Crippen LogP contribution in [0.4, 0.5) is 14.9 Å². The summed E-state index contributed by atoms with van der Waals surface area (Å²) >= 11 is 0. The normalized spacial score (nSPS) is 20.2. The molecular weight excluding hydrogens is 419 g/mol. The molecular formula is C21H19FN6O4. The number of halogens is 1. The van der Waals surface area contributed by atoms with Gasteiger partial charge in [0.25, 0.3) is 0 Å². The molecule has 32 heavy (non-hydrogen) atoms. The maximum absolute atomic E-state index is 14.9. The predicted molar refractivity (Wildman–Crippen MR) is 110 cm³/mol. The van der Waals surface area contributed by atoms with Gasteiger partial charge in [-0.1, -0.05) is 16.4 Å². The standard InChI is InChI=1S/C21H19FN6O4/c22-18-7-14(28-11-16(31-21(28)30)10-27-6-5-24-26-27)2-3-17(18)13-1-4-19(23-9-13)20-8-15(12-29)32-25-20/h1-7,9,15-16,29H,8,10-12H2/t15-,16?/m0/s1. The number of hydrogen-bond acceptors (Lipinski definition) is 8. The van der Waals surface area contributed by atoms with Crippen molar-refractivity contribution in [1.82, 2.24) is 20.0 Å². The number of carbonyl (C=O) groups excluding carboxylic acids is 1. The number of rotatable bonds is 6. The highest BCUT2D eigenvalue weighted by molar-refractivity contribution is 5.99. The molecule has 164 valence electrons. The second-order valence-corrected chi connectivity index (χ2v) is 7.49. The van der Waals surface area contributed by atoms with Gasteiger partial charge in [0, 0.05) is 29.9 Å². The number of aliphatic hydroxyl groups is 1. The summed E-state index contributed by atoms with van der Waals surface area (Å²) in [6, 6.07) is 8.07. The number of aromatic nitrogens is 4. The summed E-state index contributed by atoms with van der Waals surface area (Å²) in [5.74, 6) is -0.480. The number of oxime groups is 1. The quantitative estimate of drug-likeness (QED) is 0.626. The summed E-state index contributed by atoms with van der Waals surface area (Å²) in [5, 5.41) is 20.7. The molecule has 4 heterocycles. The first kappa shape index (κ1) is 20.1. The van der Waals surface area contributed by atoms with E-state index < -0.39 is 18.0 Å². The van der Waals surface area contributed by atoms with E-state index >= 15 is 0 Å². The Kier molecular flexibility index (Phi) is 5.23. The fraction of sp³-hybridized carbons (Fsp3) is 0.286. The molecule has 1 aromatic carbocycles. The zero-order valence-corrected chi connectivity index (χ0v) is 16.8. The van der Waals surface area contributed by atoms with E-state index in [1.165, 1.54) is 11.0 Å². The van der Waals surface area contributed by atoms with Crippen molar-refractivity contribution in [2.24, 2.45) is 5.16 Å². The summed E-state index contributed by atoms with van der Waals surface area (Å²) in [6.45, 7) is 0.539. The fourth-order valence-corrected chi connectivity index (χ4v) is 3.67. The minimum atomic E-state index is -0.533. The molecule has 1 N–H and O–H groups in total. The second kappa shape index (κ2) is 8.35. The smallest absolute Gasteiger partial charge is 0.414 e. The van der Waals surface area contributed by atoms with Gasteiger partial charge in [-0.3, -0.25) is 9.88 Å². The van der Waals surface area contributed by atoms with Crippen LogP contribution in [0.5, 0.6) is 0 Å². The Balaban J connectivity index is 1.30. The highest BCUT2D eigenvalue weighted by Crippen LogP contribution is 2.29. The Hall–Kier alpha value is -3.86. The highest BCUT2D eigenvalue weighted by Gasteiger charge is 2.33. The third-order valence-corrected chi connectivity index (χ3v) is 5.31. The minimum absolute atomic E-state index is 0.117. The average Bonchev–Trinajstić information content (AvgIpc) is 3.56. The topological polar surface area (TPSA) is 115 Å². The van der Waals surface area contributed by atoms with Gasteiger partial charge in [-0.15, -0.1) is 5.10 Å². The molecule has 2 atom stereocenters. The van der Waals surface area contributed by atoms with Crippen molar-refractivity contribution in [3.8, 4) is 11.1 Å². The van der Waals surface area contributed by atoms with Gasteiger partial charge >= 0.3 is 6.09 Å². The Morgan fingerprint density at radius 3 is 2.81 bits per heavy atom. The molecule has 1 fully saturated rings. The average molecular weight is 438 g/mol. The zero-order chi connectivity index (χ0) is 22.1. The van der Waals surface area contributed by atoms with E-state index in [9.17, 15) is 9.18 Å². The van der Waals surface area contributed by atoms with Gasteiger partial charge in [0.15, 0.2) is 6.10 Å². The van der Waals surface area contributed by atoms with E-state index in [0.29, 0.717) is 41.2 Å². The number of cyclic esters (lactones) is 1. The Morgan fingerprint density at radius 2 is 2.12 bits per heavy atom. The number of nitrogens with zero attached hydrogens (tertiary/aromatic N) is 6. The van der Waals surface area contributed by atoms with Gasteiger partial charge in [0.1, 0.15) is 17.6 Å². The first-order valence-corrected chi connectivity index (χ1v) is 10.0. The maximum Gasteiger partial charge on any atom is 0.414 e. The van der Waals surface area contributed by atoms with Crippen LogP contribution >= 0.6 is 0 Å². The molecule has 0 bridgehead atoms. The minimum Gasteiger partial charge on any atom is -0.442 e. The third kappa shape index (κ3) is 3.89. The molecule has 2 aliphatic heterocycles. The number of amides is 1. The second-order valence-electron chi connectivity index (χ2n) is 7.49. The van der Waals surface area contributed by atoms with Crippen molar-refractivity contribution < 1.29 is 23.9 Å². The molecule has 0 radical (unpaired) electrons. The van der Waals surface area contributed by atoms with Crippen molar-refractivity contribution in [2.45, 2.75) is 25.2 Å². The van der Waals surface area contributed by atoms with Crippen molar-refractivity contribution in [2.75, 3.05) is 18.1 Å². The van der Waals surface area contributed by atoms with Gasteiger partial charge in [-0.2, -0.15) is 0 Å². The van der Waals surface area contributed by atoms with Crippen molar-refractivity contribution in [3.63, 3.8) is 0 Å². The lowest BCUT2D eigenvalue weighted by atomic mass is 10.0. The summed E-state index contributed by atoms with van der Waals surface area (Å²) in [4.78, 5) is 23.1. The van der Waals surface area contributed by atoms with Crippen LogP contribution < -0.4 is 4.90 Å². The van der Waals surface area contributed by atoms with Crippen LogP contribution in [-0.2, 0) is 16.1 Å². The van der Waals surface area contributed by atoms with E-state index in [4.69, 9.17) is 14.7 Å².